The maximum Gasteiger partial charge on any atom is 0.248 e. The Bertz CT molecular complexity index is 457. The molecule has 0 aliphatic heterocycles. The van der Waals surface area contributed by atoms with E-state index in [-0.39, 0.29) is 18.5 Å². The van der Waals surface area contributed by atoms with Gasteiger partial charge in [-0.2, -0.15) is 0 Å². The Balaban J connectivity index is 2.63. The Morgan fingerprint density at radius 1 is 1.33 bits per heavy atom. The van der Waals surface area contributed by atoms with Gasteiger partial charge in [-0.3, -0.25) is 9.59 Å². The Labute approximate surface area is 106 Å². The average Bonchev–Trinajstić information content (AvgIpc) is 2.26. The lowest BCUT2D eigenvalue weighted by atomic mass is 10.1. The molecule has 0 radical (unpaired) electrons. The number of nitrogen functional groups attached to an aromatic ring is 1. The van der Waals surface area contributed by atoms with Crippen molar-refractivity contribution in [1.82, 2.24) is 5.32 Å². The number of primary amides is 1. The summed E-state index contributed by atoms with van der Waals surface area (Å²) in [6, 6.07) is 4.75. The maximum atomic E-state index is 11.4. The third kappa shape index (κ3) is 3.97. The van der Waals surface area contributed by atoms with E-state index in [1.807, 2.05) is 13.8 Å². The second kappa shape index (κ2) is 5.90. The van der Waals surface area contributed by atoms with Gasteiger partial charge < -0.3 is 22.1 Å². The molecule has 2 amide bonds. The van der Waals surface area contributed by atoms with Crippen LogP contribution in [0.3, 0.4) is 0 Å². The monoisotopic (exact) mass is 250 g/mol. The molecule has 0 aliphatic rings. The highest BCUT2D eigenvalue weighted by atomic mass is 16.2. The third-order valence-corrected chi connectivity index (χ3v) is 2.23. The highest BCUT2D eigenvalue weighted by Crippen LogP contribution is 2.19. The van der Waals surface area contributed by atoms with E-state index < -0.39 is 5.91 Å². The summed E-state index contributed by atoms with van der Waals surface area (Å²) < 4.78 is 0. The minimum absolute atomic E-state index is 0.0916. The van der Waals surface area contributed by atoms with Crippen LogP contribution >= 0.6 is 0 Å². The normalized spacial score (nSPS) is 10.2. The van der Waals surface area contributed by atoms with Gasteiger partial charge in [0.25, 0.3) is 0 Å². The van der Waals surface area contributed by atoms with Crippen LogP contribution in [-0.2, 0) is 4.79 Å². The van der Waals surface area contributed by atoms with Gasteiger partial charge in [-0.15, -0.1) is 0 Å². The summed E-state index contributed by atoms with van der Waals surface area (Å²) in [6.45, 7) is 3.89. The number of amides is 2. The van der Waals surface area contributed by atoms with Crippen molar-refractivity contribution in [2.24, 2.45) is 5.73 Å². The fourth-order valence-corrected chi connectivity index (χ4v) is 1.43. The quantitative estimate of drug-likeness (QED) is 0.563. The van der Waals surface area contributed by atoms with Crippen molar-refractivity contribution in [2.45, 2.75) is 19.9 Å². The summed E-state index contributed by atoms with van der Waals surface area (Å²) in [6.07, 6.45) is 0. The molecule has 0 unspecified atom stereocenters. The minimum atomic E-state index is -0.536. The van der Waals surface area contributed by atoms with E-state index in [4.69, 9.17) is 11.5 Å². The average molecular weight is 250 g/mol. The van der Waals surface area contributed by atoms with Gasteiger partial charge in [-0.25, -0.2) is 0 Å². The standard InChI is InChI=1S/C12H18N4O2/c1-7(2)16-11(17)6-15-10-4-3-8(12(14)18)5-9(10)13/h3-5,7,15H,6,13H2,1-2H3,(H2,14,18)(H,16,17). The Hall–Kier alpha value is -2.24. The van der Waals surface area contributed by atoms with Crippen molar-refractivity contribution in [2.75, 3.05) is 17.6 Å². The molecule has 0 heterocycles. The maximum absolute atomic E-state index is 11.4. The first-order valence-corrected chi connectivity index (χ1v) is 5.62. The summed E-state index contributed by atoms with van der Waals surface area (Å²) in [5, 5.41) is 5.64. The van der Waals surface area contributed by atoms with E-state index >= 15 is 0 Å². The van der Waals surface area contributed by atoms with Crippen LogP contribution < -0.4 is 22.1 Å². The number of rotatable bonds is 5. The first-order chi connectivity index (χ1) is 8.40. The van der Waals surface area contributed by atoms with E-state index in [0.717, 1.165) is 0 Å². The molecule has 0 bridgehead atoms. The molecule has 0 saturated heterocycles. The van der Waals surface area contributed by atoms with E-state index in [2.05, 4.69) is 10.6 Å². The van der Waals surface area contributed by atoms with Crippen molar-refractivity contribution < 1.29 is 9.59 Å². The second-order valence-corrected chi connectivity index (χ2v) is 4.24. The molecule has 1 aromatic rings. The van der Waals surface area contributed by atoms with Gasteiger partial charge in [0.15, 0.2) is 0 Å². The lowest BCUT2D eigenvalue weighted by molar-refractivity contribution is -0.119. The van der Waals surface area contributed by atoms with Crippen LogP contribution in [0.2, 0.25) is 0 Å². The molecule has 0 fully saturated rings. The molecule has 0 aromatic heterocycles. The number of benzene rings is 1. The van der Waals surface area contributed by atoms with Crippen molar-refractivity contribution in [3.05, 3.63) is 23.8 Å². The molecule has 6 N–H and O–H groups in total. The molecule has 6 heteroatoms. The van der Waals surface area contributed by atoms with Crippen molar-refractivity contribution >= 4 is 23.2 Å². The summed E-state index contributed by atoms with van der Waals surface area (Å²) in [5.41, 5.74) is 12.2. The van der Waals surface area contributed by atoms with E-state index in [0.29, 0.717) is 16.9 Å². The molecule has 98 valence electrons. The molecule has 18 heavy (non-hydrogen) atoms. The lowest BCUT2D eigenvalue weighted by Gasteiger charge is -2.12. The number of nitrogens with one attached hydrogen (secondary N) is 2. The van der Waals surface area contributed by atoms with Crippen molar-refractivity contribution in [3.8, 4) is 0 Å². The molecule has 1 aromatic carbocycles. The van der Waals surface area contributed by atoms with Crippen LogP contribution in [-0.4, -0.2) is 24.4 Å². The smallest absolute Gasteiger partial charge is 0.248 e. The van der Waals surface area contributed by atoms with Gasteiger partial charge >= 0.3 is 0 Å². The zero-order valence-corrected chi connectivity index (χ0v) is 10.5. The number of carbonyl (C=O) groups is 2. The fourth-order valence-electron chi connectivity index (χ4n) is 1.43. The number of hydrogen-bond acceptors (Lipinski definition) is 4. The molecular formula is C12H18N4O2. The first-order valence-electron chi connectivity index (χ1n) is 5.62. The molecule has 0 aliphatic carbocycles. The minimum Gasteiger partial charge on any atom is -0.397 e. The van der Waals surface area contributed by atoms with Gasteiger partial charge in [0.2, 0.25) is 11.8 Å². The number of anilines is 2. The summed E-state index contributed by atoms with van der Waals surface area (Å²) in [4.78, 5) is 22.4. The zero-order chi connectivity index (χ0) is 13.7. The predicted molar refractivity (Wildman–Crippen MR) is 71.1 cm³/mol. The van der Waals surface area contributed by atoms with Crippen LogP contribution in [0.1, 0.15) is 24.2 Å². The van der Waals surface area contributed by atoms with Crippen LogP contribution in [0.5, 0.6) is 0 Å². The zero-order valence-electron chi connectivity index (χ0n) is 10.5. The Morgan fingerprint density at radius 2 is 2.00 bits per heavy atom. The molecular weight excluding hydrogens is 232 g/mol. The second-order valence-electron chi connectivity index (χ2n) is 4.24. The van der Waals surface area contributed by atoms with Gasteiger partial charge in [0.05, 0.1) is 17.9 Å². The Morgan fingerprint density at radius 3 is 2.50 bits per heavy atom. The van der Waals surface area contributed by atoms with E-state index in [9.17, 15) is 9.59 Å². The molecule has 0 atom stereocenters. The summed E-state index contributed by atoms with van der Waals surface area (Å²) in [7, 11) is 0. The van der Waals surface area contributed by atoms with Crippen molar-refractivity contribution in [3.63, 3.8) is 0 Å². The van der Waals surface area contributed by atoms with Gasteiger partial charge in [0, 0.05) is 11.6 Å². The fraction of sp³-hybridized carbons (Fsp3) is 0.333. The lowest BCUT2D eigenvalue weighted by Crippen LogP contribution is -2.34. The molecule has 1 rings (SSSR count). The number of carbonyl (C=O) groups excluding carboxylic acids is 2. The molecule has 0 saturated carbocycles. The third-order valence-electron chi connectivity index (χ3n) is 2.23. The highest BCUT2D eigenvalue weighted by molar-refractivity contribution is 5.95. The SMILES string of the molecule is CC(C)NC(=O)CNc1ccc(C(N)=O)cc1N. The topological polar surface area (TPSA) is 110 Å². The largest absolute Gasteiger partial charge is 0.397 e. The molecule has 6 nitrogen and oxygen atoms in total. The first kappa shape index (κ1) is 13.8. The van der Waals surface area contributed by atoms with Crippen LogP contribution in [0.25, 0.3) is 0 Å². The van der Waals surface area contributed by atoms with Crippen LogP contribution in [0.4, 0.5) is 11.4 Å². The van der Waals surface area contributed by atoms with Gasteiger partial charge in [-0.05, 0) is 32.0 Å². The number of nitrogens with two attached hydrogens (primary N) is 2. The Kier molecular flexibility index (Phi) is 4.53. The van der Waals surface area contributed by atoms with Crippen LogP contribution in [0.15, 0.2) is 18.2 Å². The van der Waals surface area contributed by atoms with Gasteiger partial charge in [0.1, 0.15) is 0 Å². The highest BCUT2D eigenvalue weighted by Gasteiger charge is 2.07. The van der Waals surface area contributed by atoms with E-state index in [1.165, 1.54) is 6.07 Å². The summed E-state index contributed by atoms with van der Waals surface area (Å²) in [5.74, 6) is -0.658. The van der Waals surface area contributed by atoms with Gasteiger partial charge in [-0.1, -0.05) is 0 Å². The predicted octanol–water partition coefficient (Wildman–Crippen LogP) is 0.304. The van der Waals surface area contributed by atoms with Crippen LogP contribution in [0, 0.1) is 0 Å². The van der Waals surface area contributed by atoms with Crippen molar-refractivity contribution in [1.29, 1.82) is 0 Å². The number of hydrogen-bond donors (Lipinski definition) is 4. The van der Waals surface area contributed by atoms with E-state index in [1.54, 1.807) is 12.1 Å². The summed E-state index contributed by atoms with van der Waals surface area (Å²) >= 11 is 0. The molecule has 0 spiro atoms.